The minimum Gasteiger partial charge on any atom is -0.497 e. The molecule has 1 rings (SSSR count). The molecule has 0 heterocycles. The average Bonchev–Trinajstić information content (AvgIpc) is 2.35. The highest BCUT2D eigenvalue weighted by Gasteiger charge is 2.15. The molecule has 1 unspecified atom stereocenters. The Morgan fingerprint density at radius 1 is 1.50 bits per heavy atom. The monoisotopic (exact) mass is 221 g/mol. The van der Waals surface area contributed by atoms with Crippen LogP contribution in [0.25, 0.3) is 0 Å². The van der Waals surface area contributed by atoms with Crippen LogP contribution in [0.15, 0.2) is 24.3 Å². The summed E-state index contributed by atoms with van der Waals surface area (Å²) in [6.07, 6.45) is 2.78. The number of carbonyl (C=O) groups excluding carboxylic acids is 1. The van der Waals surface area contributed by atoms with E-state index in [1.807, 2.05) is 6.07 Å². The van der Waals surface area contributed by atoms with Crippen molar-refractivity contribution in [1.29, 1.82) is 0 Å². The normalized spacial score (nSPS) is 12.2. The van der Waals surface area contributed by atoms with Crippen molar-refractivity contribution >= 4 is 5.78 Å². The summed E-state index contributed by atoms with van der Waals surface area (Å²) in [5.74, 6) is 0.681. The van der Waals surface area contributed by atoms with Crippen molar-refractivity contribution in [2.75, 3.05) is 7.11 Å². The first-order valence-electron chi connectivity index (χ1n) is 5.63. The highest BCUT2D eigenvalue weighted by Crippen LogP contribution is 2.15. The number of hydrogen-bond donors (Lipinski definition) is 1. The summed E-state index contributed by atoms with van der Waals surface area (Å²) in [5.41, 5.74) is 6.46. The molecule has 0 amide bonds. The van der Waals surface area contributed by atoms with Gasteiger partial charge < -0.3 is 10.5 Å². The van der Waals surface area contributed by atoms with Crippen molar-refractivity contribution in [3.8, 4) is 5.75 Å². The standard InChI is InChI=1S/C13H19NO2/c1-3-4-8-12(14)13(15)10-6-5-7-11(9-10)16-2/h5-7,9,12H,3-4,8,14H2,1-2H3. The summed E-state index contributed by atoms with van der Waals surface area (Å²) < 4.78 is 5.07. The molecule has 0 aliphatic rings. The minimum atomic E-state index is -0.396. The Hall–Kier alpha value is -1.35. The largest absolute Gasteiger partial charge is 0.497 e. The maximum Gasteiger partial charge on any atom is 0.179 e. The molecule has 3 nitrogen and oxygen atoms in total. The van der Waals surface area contributed by atoms with Gasteiger partial charge in [0, 0.05) is 5.56 Å². The van der Waals surface area contributed by atoms with Gasteiger partial charge in [-0.25, -0.2) is 0 Å². The molecule has 0 aromatic heterocycles. The molecule has 0 spiro atoms. The molecule has 1 atom stereocenters. The smallest absolute Gasteiger partial charge is 0.179 e. The number of hydrogen-bond acceptors (Lipinski definition) is 3. The second-order valence-electron chi connectivity index (χ2n) is 3.84. The molecule has 0 bridgehead atoms. The van der Waals surface area contributed by atoms with E-state index < -0.39 is 6.04 Å². The van der Waals surface area contributed by atoms with E-state index in [1.54, 1.807) is 25.3 Å². The van der Waals surface area contributed by atoms with Crippen molar-refractivity contribution in [2.24, 2.45) is 5.73 Å². The zero-order valence-corrected chi connectivity index (χ0v) is 9.90. The molecule has 1 aromatic carbocycles. The minimum absolute atomic E-state index is 0.00708. The van der Waals surface area contributed by atoms with Gasteiger partial charge in [0.25, 0.3) is 0 Å². The number of ketones is 1. The van der Waals surface area contributed by atoms with Gasteiger partial charge in [-0.05, 0) is 18.6 Å². The van der Waals surface area contributed by atoms with Crippen LogP contribution >= 0.6 is 0 Å². The molecule has 16 heavy (non-hydrogen) atoms. The fraction of sp³-hybridized carbons (Fsp3) is 0.462. The summed E-state index contributed by atoms with van der Waals surface area (Å²) in [6.45, 7) is 2.09. The number of benzene rings is 1. The van der Waals surface area contributed by atoms with Gasteiger partial charge in [0.15, 0.2) is 5.78 Å². The van der Waals surface area contributed by atoms with Crippen molar-refractivity contribution in [1.82, 2.24) is 0 Å². The van der Waals surface area contributed by atoms with Crippen LogP contribution in [0.2, 0.25) is 0 Å². The third-order valence-corrected chi connectivity index (χ3v) is 2.56. The number of nitrogens with two attached hydrogens (primary N) is 1. The molecule has 0 aliphatic carbocycles. The number of ether oxygens (including phenoxy) is 1. The average molecular weight is 221 g/mol. The third-order valence-electron chi connectivity index (χ3n) is 2.56. The predicted octanol–water partition coefficient (Wildman–Crippen LogP) is 2.40. The summed E-state index contributed by atoms with van der Waals surface area (Å²) in [6, 6.07) is 6.73. The second-order valence-corrected chi connectivity index (χ2v) is 3.84. The van der Waals surface area contributed by atoms with Gasteiger partial charge in [0.2, 0.25) is 0 Å². The van der Waals surface area contributed by atoms with Crippen LogP contribution < -0.4 is 10.5 Å². The number of Topliss-reactive ketones (excluding diaryl/α,β-unsaturated/α-hetero) is 1. The fourth-order valence-electron chi connectivity index (χ4n) is 1.55. The van der Waals surface area contributed by atoms with Gasteiger partial charge in [-0.2, -0.15) is 0 Å². The van der Waals surface area contributed by atoms with E-state index in [9.17, 15) is 4.79 Å². The van der Waals surface area contributed by atoms with Gasteiger partial charge in [-0.3, -0.25) is 4.79 Å². The van der Waals surface area contributed by atoms with Crippen LogP contribution in [0.5, 0.6) is 5.75 Å². The van der Waals surface area contributed by atoms with Crippen molar-refractivity contribution in [3.05, 3.63) is 29.8 Å². The molecule has 1 aromatic rings. The maximum atomic E-state index is 11.9. The SMILES string of the molecule is CCCCC(N)C(=O)c1cccc(OC)c1. The molecule has 0 saturated carbocycles. The molecule has 0 aliphatic heterocycles. The first kappa shape index (κ1) is 12.7. The van der Waals surface area contributed by atoms with E-state index in [1.165, 1.54) is 0 Å². The van der Waals surface area contributed by atoms with Crippen LogP contribution in [0, 0.1) is 0 Å². The van der Waals surface area contributed by atoms with E-state index in [4.69, 9.17) is 10.5 Å². The van der Waals surface area contributed by atoms with E-state index >= 15 is 0 Å². The molecule has 0 radical (unpaired) electrons. The molecular formula is C13H19NO2. The predicted molar refractivity (Wildman–Crippen MR) is 64.8 cm³/mol. The zero-order chi connectivity index (χ0) is 12.0. The lowest BCUT2D eigenvalue weighted by Crippen LogP contribution is -2.30. The molecule has 88 valence electrons. The highest BCUT2D eigenvalue weighted by atomic mass is 16.5. The van der Waals surface area contributed by atoms with Gasteiger partial charge in [-0.1, -0.05) is 31.9 Å². The maximum absolute atomic E-state index is 11.9. The van der Waals surface area contributed by atoms with Crippen LogP contribution in [0.1, 0.15) is 36.5 Å². The van der Waals surface area contributed by atoms with Crippen LogP contribution in [-0.2, 0) is 0 Å². The third kappa shape index (κ3) is 3.35. The molecule has 2 N–H and O–H groups in total. The Morgan fingerprint density at radius 3 is 2.88 bits per heavy atom. The van der Waals surface area contributed by atoms with Gasteiger partial charge in [0.05, 0.1) is 13.2 Å². The number of carbonyl (C=O) groups is 1. The van der Waals surface area contributed by atoms with Gasteiger partial charge >= 0.3 is 0 Å². The number of unbranched alkanes of at least 4 members (excludes halogenated alkanes) is 1. The lowest BCUT2D eigenvalue weighted by molar-refractivity contribution is 0.0956. The first-order chi connectivity index (χ1) is 7.69. The Morgan fingerprint density at radius 2 is 2.25 bits per heavy atom. The van der Waals surface area contributed by atoms with E-state index in [2.05, 4.69) is 6.92 Å². The van der Waals surface area contributed by atoms with Crippen molar-refractivity contribution in [2.45, 2.75) is 32.2 Å². The Bertz CT molecular complexity index is 350. The van der Waals surface area contributed by atoms with Crippen LogP contribution in [0.3, 0.4) is 0 Å². The Labute approximate surface area is 96.6 Å². The first-order valence-corrected chi connectivity index (χ1v) is 5.63. The van der Waals surface area contributed by atoms with Crippen LogP contribution in [0.4, 0.5) is 0 Å². The highest BCUT2D eigenvalue weighted by molar-refractivity contribution is 6.00. The second kappa shape index (κ2) is 6.28. The zero-order valence-electron chi connectivity index (χ0n) is 9.90. The Kier molecular flexibility index (Phi) is 4.99. The lowest BCUT2D eigenvalue weighted by Gasteiger charge is -2.10. The van der Waals surface area contributed by atoms with E-state index in [-0.39, 0.29) is 5.78 Å². The van der Waals surface area contributed by atoms with Crippen molar-refractivity contribution < 1.29 is 9.53 Å². The summed E-state index contributed by atoms with van der Waals surface area (Å²) in [7, 11) is 1.58. The lowest BCUT2D eigenvalue weighted by atomic mass is 10.0. The van der Waals surface area contributed by atoms with Crippen molar-refractivity contribution in [3.63, 3.8) is 0 Å². The fourth-order valence-corrected chi connectivity index (χ4v) is 1.55. The molecule has 0 fully saturated rings. The Balaban J connectivity index is 2.71. The number of rotatable bonds is 6. The summed E-state index contributed by atoms with van der Waals surface area (Å²) in [5, 5.41) is 0. The quantitative estimate of drug-likeness (QED) is 0.750. The topological polar surface area (TPSA) is 52.3 Å². The van der Waals surface area contributed by atoms with Gasteiger partial charge in [-0.15, -0.1) is 0 Å². The molecule has 0 saturated heterocycles. The van der Waals surface area contributed by atoms with Crippen LogP contribution in [-0.4, -0.2) is 18.9 Å². The summed E-state index contributed by atoms with van der Waals surface area (Å²) >= 11 is 0. The summed E-state index contributed by atoms with van der Waals surface area (Å²) in [4.78, 5) is 11.9. The van der Waals surface area contributed by atoms with E-state index in [0.29, 0.717) is 11.3 Å². The molecule has 3 heteroatoms. The molecular weight excluding hydrogens is 202 g/mol. The van der Waals surface area contributed by atoms with Gasteiger partial charge in [0.1, 0.15) is 5.75 Å². The van der Waals surface area contributed by atoms with E-state index in [0.717, 1.165) is 19.3 Å². The number of methoxy groups -OCH3 is 1.